The van der Waals surface area contributed by atoms with Crippen LogP contribution in [0.1, 0.15) is 12.8 Å². The van der Waals surface area contributed by atoms with Crippen molar-refractivity contribution in [1.29, 1.82) is 0 Å². The summed E-state index contributed by atoms with van der Waals surface area (Å²) in [5, 5.41) is 4.82. The Hall–Kier alpha value is -2.30. The number of nitrogens with zero attached hydrogens (tertiary/aromatic N) is 2. The van der Waals surface area contributed by atoms with E-state index in [-0.39, 0.29) is 11.8 Å². The minimum absolute atomic E-state index is 0.0491. The Labute approximate surface area is 124 Å². The minimum atomic E-state index is 0.0491. The molecule has 2 aromatic rings. The lowest BCUT2D eigenvalue weighted by molar-refractivity contribution is -0.124. The first-order chi connectivity index (χ1) is 10.2. The van der Waals surface area contributed by atoms with Crippen molar-refractivity contribution < 1.29 is 4.79 Å². The normalized spacial score (nSPS) is 18.7. The summed E-state index contributed by atoms with van der Waals surface area (Å²) in [5.41, 5.74) is 7.91. The van der Waals surface area contributed by atoms with Gasteiger partial charge in [0.05, 0.1) is 5.92 Å². The van der Waals surface area contributed by atoms with E-state index in [0.29, 0.717) is 0 Å². The molecule has 1 aliphatic heterocycles. The standard InChI is InChI=1S/C16H20N4O/c1-18-16(21)11-3-2-8-20(10-11)15-5-4-14(17)12-6-7-19-9-13(12)15/h4-7,9,11H,2-3,8,10,17H2,1H3,(H,18,21). The van der Waals surface area contributed by atoms with Crippen LogP contribution >= 0.6 is 0 Å². The van der Waals surface area contributed by atoms with Crippen LogP contribution in [0.5, 0.6) is 0 Å². The first kappa shape index (κ1) is 13.7. The van der Waals surface area contributed by atoms with Crippen LogP contribution in [-0.4, -0.2) is 31.0 Å². The number of amides is 1. The number of hydrogen-bond acceptors (Lipinski definition) is 4. The summed E-state index contributed by atoms with van der Waals surface area (Å²) in [4.78, 5) is 18.4. The van der Waals surface area contributed by atoms with Crippen molar-refractivity contribution in [3.63, 3.8) is 0 Å². The Kier molecular flexibility index (Phi) is 3.64. The van der Waals surface area contributed by atoms with Crippen molar-refractivity contribution in [2.75, 3.05) is 30.8 Å². The van der Waals surface area contributed by atoms with Crippen molar-refractivity contribution in [2.24, 2.45) is 5.92 Å². The summed E-state index contributed by atoms with van der Waals surface area (Å²) in [5.74, 6) is 0.172. The number of aromatic nitrogens is 1. The van der Waals surface area contributed by atoms with E-state index in [1.165, 1.54) is 0 Å². The number of nitrogen functional groups attached to an aromatic ring is 1. The van der Waals surface area contributed by atoms with Crippen molar-refractivity contribution in [3.05, 3.63) is 30.6 Å². The fourth-order valence-corrected chi connectivity index (χ4v) is 3.09. The molecular formula is C16H20N4O. The molecule has 0 aliphatic carbocycles. The molecule has 21 heavy (non-hydrogen) atoms. The number of nitrogens with two attached hydrogens (primary N) is 1. The average Bonchev–Trinajstić information content (AvgIpc) is 2.55. The molecule has 0 bridgehead atoms. The molecule has 0 spiro atoms. The summed E-state index contributed by atoms with van der Waals surface area (Å²) >= 11 is 0. The molecule has 1 aromatic carbocycles. The van der Waals surface area contributed by atoms with Gasteiger partial charge in [0, 0.05) is 54.7 Å². The molecule has 3 rings (SSSR count). The van der Waals surface area contributed by atoms with Gasteiger partial charge in [-0.3, -0.25) is 9.78 Å². The van der Waals surface area contributed by atoms with Crippen LogP contribution in [0.25, 0.3) is 10.8 Å². The van der Waals surface area contributed by atoms with E-state index in [9.17, 15) is 4.79 Å². The summed E-state index contributed by atoms with van der Waals surface area (Å²) in [6.07, 6.45) is 5.57. The number of benzene rings is 1. The SMILES string of the molecule is CNC(=O)C1CCCN(c2ccc(N)c3ccncc23)C1. The van der Waals surface area contributed by atoms with Crippen LogP contribution in [0, 0.1) is 5.92 Å². The Balaban J connectivity index is 1.97. The van der Waals surface area contributed by atoms with Crippen LogP contribution < -0.4 is 16.0 Å². The highest BCUT2D eigenvalue weighted by Gasteiger charge is 2.26. The number of piperidine rings is 1. The second kappa shape index (κ2) is 5.60. The van der Waals surface area contributed by atoms with Gasteiger partial charge in [-0.15, -0.1) is 0 Å². The third kappa shape index (κ3) is 2.51. The molecule has 5 heteroatoms. The number of anilines is 2. The zero-order valence-corrected chi connectivity index (χ0v) is 12.2. The summed E-state index contributed by atoms with van der Waals surface area (Å²) in [6.45, 7) is 1.70. The maximum absolute atomic E-state index is 11.9. The fourth-order valence-electron chi connectivity index (χ4n) is 3.09. The van der Waals surface area contributed by atoms with Crippen LogP contribution in [0.2, 0.25) is 0 Å². The Morgan fingerprint density at radius 2 is 2.24 bits per heavy atom. The zero-order chi connectivity index (χ0) is 14.8. The van der Waals surface area contributed by atoms with Gasteiger partial charge in [0.15, 0.2) is 0 Å². The quantitative estimate of drug-likeness (QED) is 0.825. The number of pyridine rings is 1. The number of hydrogen-bond donors (Lipinski definition) is 2. The zero-order valence-electron chi connectivity index (χ0n) is 12.2. The highest BCUT2D eigenvalue weighted by atomic mass is 16.1. The van der Waals surface area contributed by atoms with Gasteiger partial charge < -0.3 is 16.0 Å². The van der Waals surface area contributed by atoms with Crippen LogP contribution in [0.15, 0.2) is 30.6 Å². The van der Waals surface area contributed by atoms with Crippen LogP contribution in [-0.2, 0) is 4.79 Å². The number of nitrogens with one attached hydrogen (secondary N) is 1. The highest BCUT2D eigenvalue weighted by Crippen LogP contribution is 2.32. The Bertz CT molecular complexity index is 670. The Morgan fingerprint density at radius 1 is 1.38 bits per heavy atom. The number of fused-ring (bicyclic) bond motifs is 1. The average molecular weight is 284 g/mol. The first-order valence-corrected chi connectivity index (χ1v) is 7.29. The number of rotatable bonds is 2. The van der Waals surface area contributed by atoms with Crippen LogP contribution in [0.4, 0.5) is 11.4 Å². The third-order valence-corrected chi connectivity index (χ3v) is 4.21. The maximum Gasteiger partial charge on any atom is 0.224 e. The molecule has 0 saturated carbocycles. The molecule has 2 heterocycles. The van der Waals surface area contributed by atoms with E-state index in [1.54, 1.807) is 13.2 Å². The van der Waals surface area contributed by atoms with Gasteiger partial charge in [0.2, 0.25) is 5.91 Å². The van der Waals surface area contributed by atoms with Gasteiger partial charge in [0.25, 0.3) is 0 Å². The fraction of sp³-hybridized carbons (Fsp3) is 0.375. The van der Waals surface area contributed by atoms with Crippen molar-refractivity contribution in [3.8, 4) is 0 Å². The highest BCUT2D eigenvalue weighted by molar-refractivity contribution is 6.01. The maximum atomic E-state index is 11.9. The molecule has 1 atom stereocenters. The van der Waals surface area contributed by atoms with Gasteiger partial charge in [-0.25, -0.2) is 0 Å². The molecule has 1 aliphatic rings. The molecule has 0 radical (unpaired) electrons. The summed E-state index contributed by atoms with van der Waals surface area (Å²) < 4.78 is 0. The van der Waals surface area contributed by atoms with Crippen molar-refractivity contribution >= 4 is 28.1 Å². The van der Waals surface area contributed by atoms with E-state index in [4.69, 9.17) is 5.73 Å². The molecule has 1 aromatic heterocycles. The van der Waals surface area contributed by atoms with E-state index in [1.807, 2.05) is 24.4 Å². The largest absolute Gasteiger partial charge is 0.398 e. The molecule has 1 fully saturated rings. The lowest BCUT2D eigenvalue weighted by Gasteiger charge is -2.34. The minimum Gasteiger partial charge on any atom is -0.398 e. The molecule has 5 nitrogen and oxygen atoms in total. The van der Waals surface area contributed by atoms with Gasteiger partial charge >= 0.3 is 0 Å². The lowest BCUT2D eigenvalue weighted by Crippen LogP contribution is -2.42. The molecule has 1 unspecified atom stereocenters. The predicted molar refractivity (Wildman–Crippen MR) is 85.2 cm³/mol. The van der Waals surface area contributed by atoms with Gasteiger partial charge in [-0.05, 0) is 31.0 Å². The van der Waals surface area contributed by atoms with Gasteiger partial charge in [-0.2, -0.15) is 0 Å². The molecule has 1 saturated heterocycles. The number of carbonyl (C=O) groups is 1. The monoisotopic (exact) mass is 284 g/mol. The lowest BCUT2D eigenvalue weighted by atomic mass is 9.96. The Morgan fingerprint density at radius 3 is 3.05 bits per heavy atom. The topological polar surface area (TPSA) is 71.2 Å². The van der Waals surface area contributed by atoms with Gasteiger partial charge in [0.1, 0.15) is 0 Å². The summed E-state index contributed by atoms with van der Waals surface area (Å²) in [7, 11) is 1.70. The van der Waals surface area contributed by atoms with E-state index >= 15 is 0 Å². The van der Waals surface area contributed by atoms with Gasteiger partial charge in [-0.1, -0.05) is 0 Å². The summed E-state index contributed by atoms with van der Waals surface area (Å²) in [6, 6.07) is 5.90. The smallest absolute Gasteiger partial charge is 0.224 e. The molecular weight excluding hydrogens is 264 g/mol. The molecule has 3 N–H and O–H groups in total. The van der Waals surface area contributed by atoms with Crippen LogP contribution in [0.3, 0.4) is 0 Å². The second-order valence-electron chi connectivity index (χ2n) is 5.49. The second-order valence-corrected chi connectivity index (χ2v) is 5.49. The van der Waals surface area contributed by atoms with E-state index in [2.05, 4.69) is 15.2 Å². The third-order valence-electron chi connectivity index (χ3n) is 4.21. The molecule has 110 valence electrons. The van der Waals surface area contributed by atoms with Crippen molar-refractivity contribution in [2.45, 2.75) is 12.8 Å². The van der Waals surface area contributed by atoms with Crippen molar-refractivity contribution in [1.82, 2.24) is 10.3 Å². The molecule has 1 amide bonds. The number of carbonyl (C=O) groups excluding carboxylic acids is 1. The first-order valence-electron chi connectivity index (χ1n) is 7.29. The predicted octanol–water partition coefficient (Wildman–Crippen LogP) is 1.78. The van der Waals surface area contributed by atoms with E-state index < -0.39 is 0 Å². The van der Waals surface area contributed by atoms with E-state index in [0.717, 1.165) is 48.1 Å².